The average Bonchev–Trinajstić information content (AvgIpc) is 2.78. The summed E-state index contributed by atoms with van der Waals surface area (Å²) in [6, 6.07) is 2.30. The van der Waals surface area contributed by atoms with Gasteiger partial charge in [-0.05, 0) is 31.6 Å². The maximum absolute atomic E-state index is 12.4. The highest BCUT2D eigenvalue weighted by Crippen LogP contribution is 2.39. The van der Waals surface area contributed by atoms with E-state index in [0.29, 0.717) is 5.92 Å². The first kappa shape index (κ1) is 11.4. The number of hydrogen-bond donors (Lipinski definition) is 0. The van der Waals surface area contributed by atoms with Crippen molar-refractivity contribution in [2.24, 2.45) is 11.3 Å². The highest BCUT2D eigenvalue weighted by molar-refractivity contribution is 5.85. The largest absolute Gasteiger partial charge is 0.341 e. The number of nitriles is 1. The molecule has 2 fully saturated rings. The van der Waals surface area contributed by atoms with E-state index in [-0.39, 0.29) is 5.91 Å². The summed E-state index contributed by atoms with van der Waals surface area (Å²) in [5, 5.41) is 9.29. The number of hydrogen-bond acceptors (Lipinski definition) is 2. The molecule has 2 aliphatic rings. The lowest BCUT2D eigenvalue weighted by atomic mass is 9.85. The highest BCUT2D eigenvalue weighted by Gasteiger charge is 2.44. The fourth-order valence-electron chi connectivity index (χ4n) is 3.03. The van der Waals surface area contributed by atoms with Crippen LogP contribution in [0.4, 0.5) is 0 Å². The summed E-state index contributed by atoms with van der Waals surface area (Å²) in [6.45, 7) is 3.89. The second-order valence-electron chi connectivity index (χ2n) is 5.40. The zero-order valence-electron chi connectivity index (χ0n) is 10.0. The van der Waals surface area contributed by atoms with Gasteiger partial charge in [-0.3, -0.25) is 4.79 Å². The van der Waals surface area contributed by atoms with Gasteiger partial charge >= 0.3 is 0 Å². The lowest BCUT2D eigenvalue weighted by Crippen LogP contribution is -2.46. The van der Waals surface area contributed by atoms with Gasteiger partial charge in [0.15, 0.2) is 0 Å². The second-order valence-corrected chi connectivity index (χ2v) is 5.40. The summed E-state index contributed by atoms with van der Waals surface area (Å²) < 4.78 is 0. The Kier molecular flexibility index (Phi) is 3.18. The van der Waals surface area contributed by atoms with Crippen molar-refractivity contribution in [1.29, 1.82) is 5.26 Å². The second kappa shape index (κ2) is 4.45. The topological polar surface area (TPSA) is 44.1 Å². The Hall–Kier alpha value is -1.04. The molecule has 1 amide bonds. The van der Waals surface area contributed by atoms with Crippen molar-refractivity contribution in [2.45, 2.75) is 45.4 Å². The van der Waals surface area contributed by atoms with Crippen molar-refractivity contribution in [3.63, 3.8) is 0 Å². The molecule has 2 rings (SSSR count). The molecular formula is C13H20N2O. The molecule has 1 saturated carbocycles. The summed E-state index contributed by atoms with van der Waals surface area (Å²) in [6.07, 6.45) is 5.91. The number of amides is 1. The minimum Gasteiger partial charge on any atom is -0.341 e. The molecule has 16 heavy (non-hydrogen) atoms. The van der Waals surface area contributed by atoms with Crippen LogP contribution in [-0.4, -0.2) is 23.9 Å². The van der Waals surface area contributed by atoms with Crippen LogP contribution in [0.15, 0.2) is 0 Å². The van der Waals surface area contributed by atoms with Crippen molar-refractivity contribution in [3.05, 3.63) is 0 Å². The van der Waals surface area contributed by atoms with Gasteiger partial charge < -0.3 is 4.90 Å². The van der Waals surface area contributed by atoms with E-state index in [1.54, 1.807) is 0 Å². The molecule has 0 bridgehead atoms. The van der Waals surface area contributed by atoms with E-state index in [1.165, 1.54) is 6.42 Å². The average molecular weight is 220 g/mol. The molecule has 0 aromatic heterocycles. The van der Waals surface area contributed by atoms with Crippen LogP contribution < -0.4 is 0 Å². The molecule has 0 aromatic carbocycles. The molecule has 3 heteroatoms. The minimum absolute atomic E-state index is 0.110. The van der Waals surface area contributed by atoms with Crippen molar-refractivity contribution in [1.82, 2.24) is 4.90 Å². The lowest BCUT2D eigenvalue weighted by molar-refractivity contribution is -0.140. The molecule has 0 radical (unpaired) electrons. The fourth-order valence-corrected chi connectivity index (χ4v) is 3.03. The van der Waals surface area contributed by atoms with Crippen LogP contribution in [0.25, 0.3) is 0 Å². The van der Waals surface area contributed by atoms with E-state index in [1.807, 2.05) is 4.90 Å². The maximum atomic E-state index is 12.4. The number of carbonyl (C=O) groups excluding carboxylic acids is 1. The molecule has 1 aliphatic heterocycles. The van der Waals surface area contributed by atoms with E-state index in [2.05, 4.69) is 13.0 Å². The Balaban J connectivity index is 2.08. The van der Waals surface area contributed by atoms with E-state index in [9.17, 15) is 10.1 Å². The van der Waals surface area contributed by atoms with Gasteiger partial charge in [-0.2, -0.15) is 5.26 Å². The Morgan fingerprint density at radius 2 is 2.06 bits per heavy atom. The first-order valence-corrected chi connectivity index (χ1v) is 6.38. The number of likely N-dealkylation sites (tertiary alicyclic amines) is 1. The zero-order valence-corrected chi connectivity index (χ0v) is 10.0. The van der Waals surface area contributed by atoms with Gasteiger partial charge in [0.25, 0.3) is 0 Å². The quantitative estimate of drug-likeness (QED) is 0.680. The maximum Gasteiger partial charge on any atom is 0.243 e. The SMILES string of the molecule is CC1CCCN(C(=O)C2(C#N)CCCC2)C1. The Morgan fingerprint density at radius 3 is 2.62 bits per heavy atom. The summed E-state index contributed by atoms with van der Waals surface area (Å²) in [7, 11) is 0. The first-order chi connectivity index (χ1) is 7.68. The molecule has 3 nitrogen and oxygen atoms in total. The predicted molar refractivity (Wildman–Crippen MR) is 61.5 cm³/mol. The Bertz CT molecular complexity index is 312. The molecule has 1 aliphatic carbocycles. The third-order valence-electron chi connectivity index (χ3n) is 4.02. The molecule has 0 spiro atoms. The van der Waals surface area contributed by atoms with Gasteiger partial charge in [0.05, 0.1) is 6.07 Å². The van der Waals surface area contributed by atoms with E-state index >= 15 is 0 Å². The number of carbonyl (C=O) groups is 1. The minimum atomic E-state index is -0.670. The Labute approximate surface area is 97.4 Å². The van der Waals surface area contributed by atoms with Gasteiger partial charge in [-0.25, -0.2) is 0 Å². The van der Waals surface area contributed by atoms with Gasteiger partial charge in [-0.15, -0.1) is 0 Å². The van der Waals surface area contributed by atoms with Gasteiger partial charge in [-0.1, -0.05) is 19.8 Å². The van der Waals surface area contributed by atoms with Gasteiger partial charge in [0.1, 0.15) is 5.41 Å². The summed E-state index contributed by atoms with van der Waals surface area (Å²) in [4.78, 5) is 14.3. The van der Waals surface area contributed by atoms with Crippen molar-refractivity contribution in [3.8, 4) is 6.07 Å². The van der Waals surface area contributed by atoms with E-state index < -0.39 is 5.41 Å². The molecule has 88 valence electrons. The lowest BCUT2D eigenvalue weighted by Gasteiger charge is -2.35. The number of piperidine rings is 1. The molecule has 1 unspecified atom stereocenters. The number of rotatable bonds is 1. The van der Waals surface area contributed by atoms with Crippen LogP contribution in [0.1, 0.15) is 45.4 Å². The number of nitrogens with zero attached hydrogens (tertiary/aromatic N) is 2. The van der Waals surface area contributed by atoms with Crippen molar-refractivity contribution in [2.75, 3.05) is 13.1 Å². The van der Waals surface area contributed by atoms with Crippen molar-refractivity contribution < 1.29 is 4.79 Å². The van der Waals surface area contributed by atoms with Gasteiger partial charge in [0, 0.05) is 13.1 Å². The molecule has 0 aromatic rings. The molecule has 1 heterocycles. The van der Waals surface area contributed by atoms with Crippen LogP contribution in [0.3, 0.4) is 0 Å². The summed E-state index contributed by atoms with van der Waals surface area (Å²) >= 11 is 0. The third kappa shape index (κ3) is 1.93. The standard InChI is InChI=1S/C13H20N2O/c1-11-5-4-8-15(9-11)12(16)13(10-14)6-2-3-7-13/h11H,2-9H2,1H3. The smallest absolute Gasteiger partial charge is 0.243 e. The van der Waals surface area contributed by atoms with Crippen LogP contribution >= 0.6 is 0 Å². The van der Waals surface area contributed by atoms with Gasteiger partial charge in [0.2, 0.25) is 5.91 Å². The fraction of sp³-hybridized carbons (Fsp3) is 0.846. The normalized spacial score (nSPS) is 28.8. The third-order valence-corrected chi connectivity index (χ3v) is 4.02. The van der Waals surface area contributed by atoms with Crippen LogP contribution in [0, 0.1) is 22.7 Å². The van der Waals surface area contributed by atoms with Crippen LogP contribution in [0.2, 0.25) is 0 Å². The Morgan fingerprint density at radius 1 is 1.38 bits per heavy atom. The molecular weight excluding hydrogens is 200 g/mol. The van der Waals surface area contributed by atoms with Crippen LogP contribution in [-0.2, 0) is 4.79 Å². The highest BCUT2D eigenvalue weighted by atomic mass is 16.2. The summed E-state index contributed by atoms with van der Waals surface area (Å²) in [5.74, 6) is 0.703. The molecule has 1 atom stereocenters. The monoisotopic (exact) mass is 220 g/mol. The van der Waals surface area contributed by atoms with Crippen LogP contribution in [0.5, 0.6) is 0 Å². The first-order valence-electron chi connectivity index (χ1n) is 6.38. The summed E-state index contributed by atoms with van der Waals surface area (Å²) in [5.41, 5.74) is -0.670. The predicted octanol–water partition coefficient (Wildman–Crippen LogP) is 2.33. The zero-order chi connectivity index (χ0) is 11.6. The molecule has 0 N–H and O–H groups in total. The van der Waals surface area contributed by atoms with E-state index in [0.717, 1.165) is 45.2 Å². The van der Waals surface area contributed by atoms with Crippen molar-refractivity contribution >= 4 is 5.91 Å². The van der Waals surface area contributed by atoms with E-state index in [4.69, 9.17) is 0 Å². The molecule has 1 saturated heterocycles.